The molecule has 5 heterocycles. The molecule has 1 aromatic carbocycles. The molecule has 33 heavy (non-hydrogen) atoms. The molecule has 170 valence electrons. The average Bonchev–Trinajstić information content (AvgIpc) is 3.42. The Morgan fingerprint density at radius 1 is 1.15 bits per heavy atom. The van der Waals surface area contributed by atoms with Gasteiger partial charge in [-0.1, -0.05) is 6.07 Å². The second-order valence-electron chi connectivity index (χ2n) is 8.52. The van der Waals surface area contributed by atoms with Gasteiger partial charge in [-0.05, 0) is 55.3 Å². The maximum Gasteiger partial charge on any atom is 0.258 e. The van der Waals surface area contributed by atoms with Gasteiger partial charge in [-0.2, -0.15) is 0 Å². The number of halogens is 2. The molecule has 0 radical (unpaired) electrons. The van der Waals surface area contributed by atoms with Crippen LogP contribution in [-0.2, 0) is 13.0 Å². The van der Waals surface area contributed by atoms with Gasteiger partial charge in [0.2, 0.25) is 0 Å². The van der Waals surface area contributed by atoms with Gasteiger partial charge in [0.1, 0.15) is 18.2 Å². The first-order chi connectivity index (χ1) is 15.7. The predicted octanol–water partition coefficient (Wildman–Crippen LogP) is 4.55. The zero-order valence-electron chi connectivity index (χ0n) is 18.0. The van der Waals surface area contributed by atoms with Crippen molar-refractivity contribution in [3.63, 3.8) is 0 Å². The van der Waals surface area contributed by atoms with Crippen LogP contribution in [0, 0.1) is 5.82 Å². The lowest BCUT2D eigenvalue weighted by Gasteiger charge is -2.29. The van der Waals surface area contributed by atoms with Crippen LogP contribution in [0.4, 0.5) is 4.39 Å². The quantitative estimate of drug-likeness (QED) is 0.479. The number of aromatic nitrogens is 3. The highest BCUT2D eigenvalue weighted by molar-refractivity contribution is 5.87. The molecule has 1 saturated heterocycles. The number of ether oxygens (including phenoxy) is 1. The molecule has 1 unspecified atom stereocenters. The number of aromatic amines is 1. The van der Waals surface area contributed by atoms with Crippen LogP contribution >= 0.6 is 12.4 Å². The summed E-state index contributed by atoms with van der Waals surface area (Å²) in [7, 11) is 0. The van der Waals surface area contributed by atoms with Gasteiger partial charge >= 0.3 is 0 Å². The molecule has 1 atom stereocenters. The SMILES string of the molecule is Cl.O=c1cc(OCc2ccc(F)cn2)ccn1-c1ccc2c3c([nH]c2c1)CCN1CCCC31. The predicted molar refractivity (Wildman–Crippen MR) is 127 cm³/mol. The van der Waals surface area contributed by atoms with Crippen LogP contribution in [0.25, 0.3) is 16.6 Å². The van der Waals surface area contributed by atoms with E-state index in [9.17, 15) is 9.18 Å². The van der Waals surface area contributed by atoms with Gasteiger partial charge in [0, 0.05) is 47.9 Å². The summed E-state index contributed by atoms with van der Waals surface area (Å²) in [5, 5.41) is 1.26. The van der Waals surface area contributed by atoms with Crippen molar-refractivity contribution in [3.8, 4) is 11.4 Å². The van der Waals surface area contributed by atoms with Gasteiger partial charge < -0.3 is 9.72 Å². The van der Waals surface area contributed by atoms with Crippen LogP contribution in [0.2, 0.25) is 0 Å². The molecule has 6 nitrogen and oxygen atoms in total. The summed E-state index contributed by atoms with van der Waals surface area (Å²) in [6.45, 7) is 2.48. The smallest absolute Gasteiger partial charge is 0.258 e. The van der Waals surface area contributed by atoms with Gasteiger partial charge in [-0.25, -0.2) is 4.39 Å². The Hall–Kier alpha value is -3.16. The highest BCUT2D eigenvalue weighted by Crippen LogP contribution is 2.41. The lowest BCUT2D eigenvalue weighted by Crippen LogP contribution is -2.30. The molecule has 1 N–H and O–H groups in total. The highest BCUT2D eigenvalue weighted by atomic mass is 35.5. The Morgan fingerprint density at radius 2 is 2.06 bits per heavy atom. The van der Waals surface area contributed by atoms with E-state index in [0.29, 0.717) is 17.5 Å². The Labute approximate surface area is 196 Å². The minimum Gasteiger partial charge on any atom is -0.487 e. The van der Waals surface area contributed by atoms with Crippen molar-refractivity contribution in [2.75, 3.05) is 13.1 Å². The minimum atomic E-state index is -0.392. The number of H-pyrrole nitrogens is 1. The van der Waals surface area contributed by atoms with Crippen molar-refractivity contribution in [3.05, 3.63) is 88.0 Å². The average molecular weight is 467 g/mol. The molecule has 0 amide bonds. The second kappa shape index (κ2) is 8.65. The molecule has 2 aliphatic rings. The molecule has 3 aromatic heterocycles. The third-order valence-corrected chi connectivity index (χ3v) is 6.59. The van der Waals surface area contributed by atoms with Crippen LogP contribution in [0.15, 0.2) is 59.7 Å². The number of hydrogen-bond acceptors (Lipinski definition) is 4. The summed E-state index contributed by atoms with van der Waals surface area (Å²) < 4.78 is 20.3. The Kier molecular flexibility index (Phi) is 5.68. The number of nitrogens with one attached hydrogen (secondary N) is 1. The van der Waals surface area contributed by atoms with E-state index >= 15 is 0 Å². The van der Waals surface area contributed by atoms with E-state index in [1.165, 1.54) is 48.2 Å². The first-order valence-electron chi connectivity index (χ1n) is 11.0. The van der Waals surface area contributed by atoms with E-state index in [0.717, 1.165) is 30.4 Å². The van der Waals surface area contributed by atoms with Crippen LogP contribution in [0.1, 0.15) is 35.8 Å². The molecule has 0 saturated carbocycles. The molecule has 0 bridgehead atoms. The van der Waals surface area contributed by atoms with Crippen molar-refractivity contribution in [2.24, 2.45) is 0 Å². The fourth-order valence-corrected chi connectivity index (χ4v) is 5.08. The van der Waals surface area contributed by atoms with Crippen LogP contribution in [-0.4, -0.2) is 32.5 Å². The highest BCUT2D eigenvalue weighted by Gasteiger charge is 2.33. The van der Waals surface area contributed by atoms with Crippen molar-refractivity contribution in [1.29, 1.82) is 0 Å². The molecule has 1 fully saturated rings. The fraction of sp³-hybridized carbons (Fsp3) is 0.280. The van der Waals surface area contributed by atoms with E-state index in [2.05, 4.69) is 27.0 Å². The van der Waals surface area contributed by atoms with E-state index in [4.69, 9.17) is 4.74 Å². The largest absolute Gasteiger partial charge is 0.487 e. The van der Waals surface area contributed by atoms with E-state index in [-0.39, 0.29) is 24.6 Å². The van der Waals surface area contributed by atoms with E-state index in [1.54, 1.807) is 22.9 Å². The first kappa shape index (κ1) is 21.7. The summed E-state index contributed by atoms with van der Waals surface area (Å²) in [5.41, 5.74) is 5.10. The Morgan fingerprint density at radius 3 is 2.88 bits per heavy atom. The van der Waals surface area contributed by atoms with Gasteiger partial charge in [0.25, 0.3) is 5.56 Å². The Bertz CT molecular complexity index is 1370. The monoisotopic (exact) mass is 466 g/mol. The normalized spacial score (nSPS) is 17.4. The van der Waals surface area contributed by atoms with Crippen molar-refractivity contribution >= 4 is 23.3 Å². The van der Waals surface area contributed by atoms with E-state index in [1.807, 2.05) is 6.07 Å². The number of fused-ring (bicyclic) bond motifs is 5. The van der Waals surface area contributed by atoms with Gasteiger partial charge in [0.05, 0.1) is 17.6 Å². The third kappa shape index (κ3) is 3.92. The summed E-state index contributed by atoms with van der Waals surface area (Å²) in [5.74, 6) is 0.0620. The molecule has 6 rings (SSSR count). The standard InChI is InChI=1S/C25H23FN4O2.ClH/c26-16-3-4-17(27-14-16)15-32-19-7-11-30(24(31)13-19)18-5-6-20-22(12-18)28-21-8-10-29-9-1-2-23(29)25(20)21;/h3-7,11-14,23,28H,1-2,8-10,15H2;1H. The molecule has 0 spiro atoms. The van der Waals surface area contributed by atoms with E-state index < -0.39 is 5.82 Å². The third-order valence-electron chi connectivity index (χ3n) is 6.59. The number of pyridine rings is 2. The maximum absolute atomic E-state index is 13.0. The van der Waals surface area contributed by atoms with Crippen LogP contribution < -0.4 is 10.3 Å². The number of rotatable bonds is 4. The second-order valence-corrected chi connectivity index (χ2v) is 8.52. The first-order valence-corrected chi connectivity index (χ1v) is 11.0. The van der Waals surface area contributed by atoms with Crippen LogP contribution in [0.5, 0.6) is 5.75 Å². The minimum absolute atomic E-state index is 0. The summed E-state index contributed by atoms with van der Waals surface area (Å²) in [4.78, 5) is 22.9. The zero-order chi connectivity index (χ0) is 21.7. The summed E-state index contributed by atoms with van der Waals surface area (Å²) in [6.07, 6.45) is 6.39. The van der Waals surface area contributed by atoms with Crippen molar-refractivity contribution < 1.29 is 9.13 Å². The van der Waals surface area contributed by atoms with Gasteiger partial charge in [-0.3, -0.25) is 19.2 Å². The Balaban J connectivity index is 0.00000228. The number of hydrogen-bond donors (Lipinski definition) is 1. The number of nitrogens with zero attached hydrogens (tertiary/aromatic N) is 3. The van der Waals surface area contributed by atoms with Crippen molar-refractivity contribution in [2.45, 2.75) is 31.9 Å². The van der Waals surface area contributed by atoms with Crippen LogP contribution in [0.3, 0.4) is 0 Å². The summed E-state index contributed by atoms with van der Waals surface area (Å²) in [6, 6.07) is 12.8. The van der Waals surface area contributed by atoms with Crippen molar-refractivity contribution in [1.82, 2.24) is 19.4 Å². The zero-order valence-corrected chi connectivity index (χ0v) is 18.8. The molecule has 8 heteroatoms. The molecular weight excluding hydrogens is 443 g/mol. The van der Waals surface area contributed by atoms with Gasteiger partial charge in [0.15, 0.2) is 0 Å². The fourth-order valence-electron chi connectivity index (χ4n) is 5.08. The van der Waals surface area contributed by atoms with Gasteiger partial charge in [-0.15, -0.1) is 12.4 Å². The molecule has 0 aliphatic carbocycles. The number of benzene rings is 1. The molecule has 2 aliphatic heterocycles. The topological polar surface area (TPSA) is 63.1 Å². The lowest BCUT2D eigenvalue weighted by molar-refractivity contribution is 0.244. The lowest BCUT2D eigenvalue weighted by atomic mass is 9.96. The molecule has 4 aromatic rings. The molecular formula is C25H24ClFN4O2. The maximum atomic E-state index is 13.0. The summed E-state index contributed by atoms with van der Waals surface area (Å²) >= 11 is 0.